The van der Waals surface area contributed by atoms with Crippen molar-refractivity contribution in [1.82, 2.24) is 0 Å². The van der Waals surface area contributed by atoms with E-state index >= 15 is 0 Å². The van der Waals surface area contributed by atoms with E-state index in [0.29, 0.717) is 0 Å². The molecule has 0 aromatic heterocycles. The minimum atomic E-state index is 0.729. The zero-order valence-electron chi connectivity index (χ0n) is 33.0. The normalized spacial score (nSPS) is 27.2. The van der Waals surface area contributed by atoms with Crippen LogP contribution >= 0.6 is 0 Å². The lowest BCUT2D eigenvalue weighted by Gasteiger charge is -2.28. The second-order valence-corrected chi connectivity index (χ2v) is 17.5. The fourth-order valence-corrected chi connectivity index (χ4v) is 10.3. The molecule has 1 nitrogen and oxygen atoms in total. The molecule has 0 amide bonds. The zero-order valence-corrected chi connectivity index (χ0v) is 33.0. The van der Waals surface area contributed by atoms with Gasteiger partial charge in [0.15, 0.2) is 0 Å². The quantitative estimate of drug-likeness (QED) is 0.112. The molecule has 6 rings (SSSR count). The monoisotopic (exact) mass is 691 g/mol. The van der Waals surface area contributed by atoms with Crippen molar-refractivity contribution in [3.8, 4) is 0 Å². The van der Waals surface area contributed by atoms with Gasteiger partial charge in [0.1, 0.15) is 0 Å². The molecule has 2 atom stereocenters. The predicted octanol–water partition coefficient (Wildman–Crippen LogP) is 15.3. The Morgan fingerprint density at radius 2 is 0.804 bits per heavy atom. The number of hydrogen-bond donors (Lipinski definition) is 0. The first-order valence-corrected chi connectivity index (χ1v) is 22.3. The molecule has 2 saturated carbocycles. The number of rotatable bonds is 18. The molecule has 4 aliphatic carbocycles. The number of ether oxygens (including phenoxy) is 1. The Kier molecular flexibility index (Phi) is 15.9. The summed E-state index contributed by atoms with van der Waals surface area (Å²) >= 11 is 0. The number of hydrogen-bond acceptors (Lipinski definition) is 1. The highest BCUT2D eigenvalue weighted by Gasteiger charge is 2.24. The first-order valence-electron chi connectivity index (χ1n) is 22.3. The molecular weight excluding hydrogens is 617 g/mol. The fourth-order valence-electron chi connectivity index (χ4n) is 10.3. The highest BCUT2D eigenvalue weighted by Crippen LogP contribution is 2.40. The van der Waals surface area contributed by atoms with E-state index in [-0.39, 0.29) is 0 Å². The van der Waals surface area contributed by atoms with E-state index in [1.165, 1.54) is 154 Å². The molecule has 0 saturated heterocycles. The lowest BCUT2D eigenvalue weighted by atomic mass is 9.77. The molecule has 51 heavy (non-hydrogen) atoms. The highest BCUT2D eigenvalue weighted by molar-refractivity contribution is 5.31. The molecule has 0 aliphatic heterocycles. The largest absolute Gasteiger partial charge is 0.381 e. The molecule has 0 heterocycles. The molecule has 0 spiro atoms. The molecule has 0 bridgehead atoms. The zero-order chi connectivity index (χ0) is 35.1. The summed E-state index contributed by atoms with van der Waals surface area (Å²) in [5.41, 5.74) is 9.78. The number of allylic oxidation sites excluding steroid dienone is 4. The molecule has 4 aliphatic rings. The lowest BCUT2D eigenvalue weighted by molar-refractivity contribution is 0.126. The summed E-state index contributed by atoms with van der Waals surface area (Å²) in [6.07, 6.45) is 37.3. The Morgan fingerprint density at radius 1 is 0.431 bits per heavy atom. The Labute approximate surface area is 314 Å². The van der Waals surface area contributed by atoms with Gasteiger partial charge in [0.25, 0.3) is 0 Å². The van der Waals surface area contributed by atoms with Crippen molar-refractivity contribution in [2.75, 3.05) is 13.2 Å². The standard InChI is InChI=1S/C50H74O/c1-3-39-13-21-43(22-14-39)47-29-33-49(34-30-47)45-25-17-41(18-26-45)11-7-5-9-37-51-38-10-6-8-12-42-19-27-46(28-20-42)50-35-31-48(32-36-50)44-23-15-40(4-2)16-24-44/h17,19,29-36,39-40,43-46H,3-16,18,20-28,37-38H2,1-2H3. The molecule has 0 radical (unpaired) electrons. The number of benzene rings is 2. The molecule has 2 aromatic carbocycles. The minimum absolute atomic E-state index is 0.729. The predicted molar refractivity (Wildman–Crippen MR) is 220 cm³/mol. The summed E-state index contributed by atoms with van der Waals surface area (Å²) in [5, 5.41) is 0. The Hall–Kier alpha value is -2.12. The molecule has 280 valence electrons. The van der Waals surface area contributed by atoms with Gasteiger partial charge >= 0.3 is 0 Å². The Morgan fingerprint density at radius 3 is 1.14 bits per heavy atom. The summed E-state index contributed by atoms with van der Waals surface area (Å²) in [6, 6.07) is 19.7. The lowest BCUT2D eigenvalue weighted by Crippen LogP contribution is -2.12. The SMILES string of the molecule is CCC1CCC(c2ccc(C3CC=C(CCCCCOCCCCCC4=CCC(c5ccc(C6CCC(CC)CC6)cc5)CC4)CC3)cc2)CC1. The van der Waals surface area contributed by atoms with Crippen LogP contribution in [0.5, 0.6) is 0 Å². The summed E-state index contributed by atoms with van der Waals surface area (Å²) < 4.78 is 6.03. The summed E-state index contributed by atoms with van der Waals surface area (Å²) in [7, 11) is 0. The first-order chi connectivity index (χ1) is 25.2. The van der Waals surface area contributed by atoms with Gasteiger partial charge in [-0.1, -0.05) is 111 Å². The first kappa shape index (κ1) is 38.6. The van der Waals surface area contributed by atoms with Gasteiger partial charge in [0.2, 0.25) is 0 Å². The van der Waals surface area contributed by atoms with Gasteiger partial charge in [-0.2, -0.15) is 0 Å². The maximum absolute atomic E-state index is 6.03. The van der Waals surface area contributed by atoms with Gasteiger partial charge in [-0.05, 0) is 186 Å². The molecular formula is C50H74O. The highest BCUT2D eigenvalue weighted by atomic mass is 16.5. The Balaban J connectivity index is 0.752. The van der Waals surface area contributed by atoms with Crippen LogP contribution in [-0.2, 0) is 4.74 Å². The van der Waals surface area contributed by atoms with Crippen molar-refractivity contribution in [2.24, 2.45) is 11.8 Å². The van der Waals surface area contributed by atoms with E-state index in [0.717, 1.165) is 48.7 Å². The van der Waals surface area contributed by atoms with Crippen molar-refractivity contribution >= 4 is 0 Å². The van der Waals surface area contributed by atoms with Crippen LogP contribution in [0.25, 0.3) is 0 Å². The summed E-state index contributed by atoms with van der Waals surface area (Å²) in [5.74, 6) is 5.04. The second kappa shape index (κ2) is 20.9. The van der Waals surface area contributed by atoms with E-state index in [1.807, 2.05) is 0 Å². The summed E-state index contributed by atoms with van der Waals surface area (Å²) in [6.45, 7) is 6.63. The third-order valence-electron chi connectivity index (χ3n) is 14.2. The maximum Gasteiger partial charge on any atom is 0.0466 e. The fraction of sp³-hybridized carbons (Fsp3) is 0.680. The van der Waals surface area contributed by atoms with Crippen LogP contribution in [0.3, 0.4) is 0 Å². The minimum Gasteiger partial charge on any atom is -0.381 e. The maximum atomic E-state index is 6.03. The van der Waals surface area contributed by atoms with Crippen LogP contribution < -0.4 is 0 Å². The van der Waals surface area contributed by atoms with E-state index in [9.17, 15) is 0 Å². The van der Waals surface area contributed by atoms with Crippen LogP contribution in [0.1, 0.15) is 214 Å². The van der Waals surface area contributed by atoms with E-state index in [1.54, 1.807) is 33.4 Å². The van der Waals surface area contributed by atoms with Crippen LogP contribution in [0, 0.1) is 11.8 Å². The molecule has 0 N–H and O–H groups in total. The molecule has 2 aromatic rings. The van der Waals surface area contributed by atoms with Gasteiger partial charge < -0.3 is 4.74 Å². The van der Waals surface area contributed by atoms with E-state index in [2.05, 4.69) is 74.5 Å². The van der Waals surface area contributed by atoms with Gasteiger partial charge in [0.05, 0.1) is 0 Å². The summed E-state index contributed by atoms with van der Waals surface area (Å²) in [4.78, 5) is 0. The third-order valence-corrected chi connectivity index (χ3v) is 14.2. The average molecular weight is 691 g/mol. The second-order valence-electron chi connectivity index (χ2n) is 17.5. The molecule has 1 heteroatoms. The van der Waals surface area contributed by atoms with E-state index < -0.39 is 0 Å². The smallest absolute Gasteiger partial charge is 0.0466 e. The number of unbranched alkanes of at least 4 members (excludes halogenated alkanes) is 4. The van der Waals surface area contributed by atoms with Crippen molar-refractivity contribution in [2.45, 2.75) is 192 Å². The van der Waals surface area contributed by atoms with E-state index in [4.69, 9.17) is 4.74 Å². The molecule has 2 unspecified atom stereocenters. The van der Waals surface area contributed by atoms with Crippen LogP contribution in [0.15, 0.2) is 71.8 Å². The third kappa shape index (κ3) is 11.9. The van der Waals surface area contributed by atoms with Gasteiger partial charge in [0, 0.05) is 13.2 Å². The van der Waals surface area contributed by atoms with Crippen molar-refractivity contribution in [1.29, 1.82) is 0 Å². The topological polar surface area (TPSA) is 9.23 Å². The van der Waals surface area contributed by atoms with Crippen LogP contribution in [0.4, 0.5) is 0 Å². The molecule has 2 fully saturated rings. The van der Waals surface area contributed by atoms with Crippen molar-refractivity contribution < 1.29 is 4.74 Å². The van der Waals surface area contributed by atoms with Gasteiger partial charge in [-0.15, -0.1) is 0 Å². The van der Waals surface area contributed by atoms with Crippen molar-refractivity contribution in [3.05, 3.63) is 94.1 Å². The van der Waals surface area contributed by atoms with Crippen LogP contribution in [-0.4, -0.2) is 13.2 Å². The van der Waals surface area contributed by atoms with Gasteiger partial charge in [-0.25, -0.2) is 0 Å². The van der Waals surface area contributed by atoms with Crippen molar-refractivity contribution in [3.63, 3.8) is 0 Å². The average Bonchev–Trinajstić information content (AvgIpc) is 3.20. The Bertz CT molecular complexity index is 1210. The van der Waals surface area contributed by atoms with Crippen LogP contribution in [0.2, 0.25) is 0 Å². The van der Waals surface area contributed by atoms with Gasteiger partial charge in [-0.3, -0.25) is 0 Å².